The highest BCUT2D eigenvalue weighted by atomic mass is 16.5. The van der Waals surface area contributed by atoms with Gasteiger partial charge in [0.05, 0.1) is 24.2 Å². The van der Waals surface area contributed by atoms with Crippen LogP contribution in [0.5, 0.6) is 5.75 Å². The van der Waals surface area contributed by atoms with E-state index in [1.54, 1.807) is 0 Å². The van der Waals surface area contributed by atoms with E-state index in [4.69, 9.17) is 9.47 Å². The summed E-state index contributed by atoms with van der Waals surface area (Å²) in [5, 5.41) is 0. The molecule has 2 rings (SSSR count). The summed E-state index contributed by atoms with van der Waals surface area (Å²) in [7, 11) is 0. The molecule has 0 spiro atoms. The van der Waals surface area contributed by atoms with Gasteiger partial charge in [0, 0.05) is 6.61 Å². The lowest BCUT2D eigenvalue weighted by Crippen LogP contribution is -2.24. The van der Waals surface area contributed by atoms with Gasteiger partial charge in [-0.15, -0.1) is 0 Å². The number of ketones is 1. The fourth-order valence-corrected chi connectivity index (χ4v) is 2.56. The molecule has 1 fully saturated rings. The minimum atomic E-state index is -0.0172. The predicted molar refractivity (Wildman–Crippen MR) is 74.7 cm³/mol. The molecule has 19 heavy (non-hydrogen) atoms. The van der Waals surface area contributed by atoms with E-state index in [2.05, 4.69) is 13.8 Å². The van der Waals surface area contributed by atoms with Crippen LogP contribution in [0, 0.1) is 5.92 Å². The van der Waals surface area contributed by atoms with Crippen LogP contribution in [-0.2, 0) is 4.74 Å². The van der Waals surface area contributed by atoms with E-state index in [-0.39, 0.29) is 17.8 Å². The molecule has 1 aromatic carbocycles. The Morgan fingerprint density at radius 2 is 2.16 bits per heavy atom. The lowest BCUT2D eigenvalue weighted by molar-refractivity contribution is 0.0686. The predicted octanol–water partition coefficient (Wildman–Crippen LogP) is 3.47. The van der Waals surface area contributed by atoms with Crippen molar-refractivity contribution < 1.29 is 14.3 Å². The summed E-state index contributed by atoms with van der Waals surface area (Å²) in [5.74, 6) is 0.850. The highest BCUT2D eigenvalue weighted by Gasteiger charge is 2.34. The normalized spacial score (nSPS) is 22.4. The van der Waals surface area contributed by atoms with E-state index in [0.717, 1.165) is 19.3 Å². The summed E-state index contributed by atoms with van der Waals surface area (Å²) in [6.45, 7) is 5.45. The molecule has 1 aromatic rings. The van der Waals surface area contributed by atoms with Crippen LogP contribution in [0.15, 0.2) is 24.3 Å². The van der Waals surface area contributed by atoms with Crippen LogP contribution in [0.2, 0.25) is 0 Å². The molecule has 0 bridgehead atoms. The molecular weight excluding hydrogens is 240 g/mol. The average molecular weight is 262 g/mol. The van der Waals surface area contributed by atoms with Gasteiger partial charge in [-0.1, -0.05) is 26.0 Å². The van der Waals surface area contributed by atoms with Crippen molar-refractivity contribution in [3.63, 3.8) is 0 Å². The van der Waals surface area contributed by atoms with Crippen LogP contribution in [0.1, 0.15) is 43.5 Å². The summed E-state index contributed by atoms with van der Waals surface area (Å²) < 4.78 is 11.3. The molecule has 2 unspecified atom stereocenters. The molecule has 0 N–H and O–H groups in total. The largest absolute Gasteiger partial charge is 0.493 e. The van der Waals surface area contributed by atoms with E-state index in [9.17, 15) is 4.79 Å². The first-order valence-electron chi connectivity index (χ1n) is 7.15. The maximum atomic E-state index is 12.6. The number of para-hydroxylation sites is 1. The maximum absolute atomic E-state index is 12.6. The monoisotopic (exact) mass is 262 g/mol. The van der Waals surface area contributed by atoms with Crippen molar-refractivity contribution in [1.29, 1.82) is 0 Å². The number of ether oxygens (including phenoxy) is 2. The van der Waals surface area contributed by atoms with Gasteiger partial charge < -0.3 is 9.47 Å². The molecule has 0 radical (unpaired) electrons. The summed E-state index contributed by atoms with van der Waals surface area (Å²) in [6.07, 6.45) is 2.70. The Hall–Kier alpha value is -1.35. The van der Waals surface area contributed by atoms with E-state index in [0.29, 0.717) is 24.5 Å². The topological polar surface area (TPSA) is 35.5 Å². The van der Waals surface area contributed by atoms with Crippen molar-refractivity contribution in [3.05, 3.63) is 29.8 Å². The van der Waals surface area contributed by atoms with Crippen molar-refractivity contribution in [2.45, 2.75) is 39.2 Å². The number of rotatable bonds is 6. The van der Waals surface area contributed by atoms with Crippen molar-refractivity contribution in [2.75, 3.05) is 13.2 Å². The number of benzene rings is 1. The molecule has 3 nitrogen and oxygen atoms in total. The van der Waals surface area contributed by atoms with E-state index in [1.165, 1.54) is 0 Å². The second-order valence-electron chi connectivity index (χ2n) is 4.92. The van der Waals surface area contributed by atoms with Crippen molar-refractivity contribution in [2.24, 2.45) is 5.92 Å². The fourth-order valence-electron chi connectivity index (χ4n) is 2.56. The minimum Gasteiger partial charge on any atom is -0.493 e. The summed E-state index contributed by atoms with van der Waals surface area (Å²) in [6, 6.07) is 7.53. The van der Waals surface area contributed by atoms with Gasteiger partial charge in [0.25, 0.3) is 0 Å². The quantitative estimate of drug-likeness (QED) is 0.736. The molecule has 1 aliphatic heterocycles. The number of Topliss-reactive ketones (excluding diaryl/α,β-unsaturated/α-hetero) is 1. The molecule has 0 saturated carbocycles. The van der Waals surface area contributed by atoms with Crippen molar-refractivity contribution in [3.8, 4) is 5.75 Å². The summed E-state index contributed by atoms with van der Waals surface area (Å²) in [4.78, 5) is 12.6. The lowest BCUT2D eigenvalue weighted by atomic mass is 9.90. The Labute approximate surface area is 114 Å². The van der Waals surface area contributed by atoms with Crippen LogP contribution in [0.25, 0.3) is 0 Å². The Balaban J connectivity index is 2.18. The van der Waals surface area contributed by atoms with E-state index in [1.807, 2.05) is 24.3 Å². The van der Waals surface area contributed by atoms with Crippen LogP contribution in [0.4, 0.5) is 0 Å². The van der Waals surface area contributed by atoms with E-state index >= 15 is 0 Å². The summed E-state index contributed by atoms with van der Waals surface area (Å²) in [5.41, 5.74) is 0.699. The SMILES string of the molecule is CCCOc1ccccc1C(=O)C1CCOC1CC. The second-order valence-corrected chi connectivity index (χ2v) is 4.92. The first-order valence-corrected chi connectivity index (χ1v) is 7.15. The Morgan fingerprint density at radius 3 is 2.89 bits per heavy atom. The van der Waals surface area contributed by atoms with Gasteiger partial charge in [0.1, 0.15) is 5.75 Å². The van der Waals surface area contributed by atoms with E-state index < -0.39 is 0 Å². The van der Waals surface area contributed by atoms with Gasteiger partial charge >= 0.3 is 0 Å². The average Bonchev–Trinajstić information content (AvgIpc) is 2.93. The van der Waals surface area contributed by atoms with Gasteiger partial charge in [0.2, 0.25) is 0 Å². The number of carbonyl (C=O) groups excluding carboxylic acids is 1. The number of hydrogen-bond donors (Lipinski definition) is 0. The van der Waals surface area contributed by atoms with Gasteiger partial charge in [0.15, 0.2) is 5.78 Å². The lowest BCUT2D eigenvalue weighted by Gasteiger charge is -2.17. The summed E-state index contributed by atoms with van der Waals surface area (Å²) >= 11 is 0. The van der Waals surface area contributed by atoms with Crippen LogP contribution < -0.4 is 4.74 Å². The maximum Gasteiger partial charge on any atom is 0.172 e. The molecule has 0 aliphatic carbocycles. The van der Waals surface area contributed by atoms with Crippen molar-refractivity contribution >= 4 is 5.78 Å². The fraction of sp³-hybridized carbons (Fsp3) is 0.562. The zero-order chi connectivity index (χ0) is 13.7. The molecule has 1 aliphatic rings. The third-order valence-corrected chi connectivity index (χ3v) is 3.56. The Bertz CT molecular complexity index is 428. The van der Waals surface area contributed by atoms with Crippen LogP contribution in [0.3, 0.4) is 0 Å². The smallest absolute Gasteiger partial charge is 0.172 e. The van der Waals surface area contributed by atoms with Crippen LogP contribution in [-0.4, -0.2) is 25.1 Å². The molecule has 1 heterocycles. The Kier molecular flexibility index (Phi) is 4.97. The van der Waals surface area contributed by atoms with Gasteiger partial charge in [-0.3, -0.25) is 4.79 Å². The molecule has 0 amide bonds. The van der Waals surface area contributed by atoms with Gasteiger partial charge in [-0.05, 0) is 31.4 Å². The first-order chi connectivity index (χ1) is 9.27. The molecule has 104 valence electrons. The highest BCUT2D eigenvalue weighted by Crippen LogP contribution is 2.30. The standard InChI is InChI=1S/C16H22O3/c1-3-10-18-15-8-6-5-7-12(15)16(17)13-9-11-19-14(13)4-2/h5-8,13-14H,3-4,9-11H2,1-2H3. The number of carbonyl (C=O) groups is 1. The third kappa shape index (κ3) is 3.16. The molecule has 1 saturated heterocycles. The minimum absolute atomic E-state index is 0.0172. The van der Waals surface area contributed by atoms with Crippen LogP contribution >= 0.6 is 0 Å². The molecule has 0 aromatic heterocycles. The molecule has 3 heteroatoms. The molecule has 2 atom stereocenters. The van der Waals surface area contributed by atoms with Crippen molar-refractivity contribution in [1.82, 2.24) is 0 Å². The third-order valence-electron chi connectivity index (χ3n) is 3.56. The first kappa shape index (κ1) is 14.1. The Morgan fingerprint density at radius 1 is 1.37 bits per heavy atom. The zero-order valence-corrected chi connectivity index (χ0v) is 11.7. The number of hydrogen-bond acceptors (Lipinski definition) is 3. The molecular formula is C16H22O3. The van der Waals surface area contributed by atoms with Gasteiger partial charge in [-0.25, -0.2) is 0 Å². The van der Waals surface area contributed by atoms with Gasteiger partial charge in [-0.2, -0.15) is 0 Å². The second kappa shape index (κ2) is 6.71. The highest BCUT2D eigenvalue weighted by molar-refractivity contribution is 6.00. The zero-order valence-electron chi connectivity index (χ0n) is 11.7.